The molecule has 0 saturated carbocycles. The van der Waals surface area contributed by atoms with Crippen molar-refractivity contribution in [1.82, 2.24) is 10.3 Å². The Hall–Kier alpha value is -1.78. The first-order valence-corrected chi connectivity index (χ1v) is 7.33. The van der Waals surface area contributed by atoms with Crippen molar-refractivity contribution < 1.29 is 4.39 Å². The minimum atomic E-state index is -0.171. The smallest absolute Gasteiger partial charge is 0.126 e. The van der Waals surface area contributed by atoms with Crippen LogP contribution in [0.1, 0.15) is 22.7 Å². The standard InChI is InChI=1S/C16H15FN2S/c1-10-7-11(3-4-13(10)17)16(18-2)12-8-15-14(19-9-12)5-6-20-15/h3-9,16,18H,1-2H3. The van der Waals surface area contributed by atoms with Crippen molar-refractivity contribution in [3.05, 3.63) is 64.4 Å². The summed E-state index contributed by atoms with van der Waals surface area (Å²) in [5.41, 5.74) is 3.81. The van der Waals surface area contributed by atoms with E-state index in [0.717, 1.165) is 16.6 Å². The van der Waals surface area contributed by atoms with Crippen molar-refractivity contribution in [2.75, 3.05) is 7.05 Å². The molecule has 102 valence electrons. The van der Waals surface area contributed by atoms with E-state index in [2.05, 4.69) is 16.4 Å². The third kappa shape index (κ3) is 2.32. The van der Waals surface area contributed by atoms with Gasteiger partial charge in [0.05, 0.1) is 16.3 Å². The lowest BCUT2D eigenvalue weighted by Crippen LogP contribution is -2.18. The second kappa shape index (κ2) is 5.31. The third-order valence-electron chi connectivity index (χ3n) is 3.46. The molecule has 0 saturated heterocycles. The number of fused-ring (bicyclic) bond motifs is 1. The van der Waals surface area contributed by atoms with Gasteiger partial charge < -0.3 is 5.32 Å². The highest BCUT2D eigenvalue weighted by molar-refractivity contribution is 7.17. The van der Waals surface area contributed by atoms with Crippen molar-refractivity contribution >= 4 is 21.6 Å². The van der Waals surface area contributed by atoms with Crippen LogP contribution in [0.3, 0.4) is 0 Å². The Morgan fingerprint density at radius 1 is 1.20 bits per heavy atom. The lowest BCUT2D eigenvalue weighted by atomic mass is 9.98. The fourth-order valence-corrected chi connectivity index (χ4v) is 3.18. The summed E-state index contributed by atoms with van der Waals surface area (Å²) in [6.45, 7) is 1.78. The molecule has 0 amide bonds. The maximum Gasteiger partial charge on any atom is 0.126 e. The van der Waals surface area contributed by atoms with Gasteiger partial charge in [0.1, 0.15) is 5.82 Å². The quantitative estimate of drug-likeness (QED) is 0.785. The Kier molecular flexibility index (Phi) is 3.51. The molecule has 0 bridgehead atoms. The highest BCUT2D eigenvalue weighted by Gasteiger charge is 2.14. The molecule has 1 atom stereocenters. The van der Waals surface area contributed by atoms with Gasteiger partial charge in [0.15, 0.2) is 0 Å². The number of nitrogens with one attached hydrogen (secondary N) is 1. The Bertz CT molecular complexity index is 751. The minimum Gasteiger partial charge on any atom is -0.309 e. The molecule has 2 heterocycles. The monoisotopic (exact) mass is 286 g/mol. The summed E-state index contributed by atoms with van der Waals surface area (Å²) in [6, 6.07) is 9.41. The Morgan fingerprint density at radius 3 is 2.80 bits per heavy atom. The number of thiophene rings is 1. The number of benzene rings is 1. The molecule has 0 aliphatic heterocycles. The van der Waals surface area contributed by atoms with Gasteiger partial charge in [0.2, 0.25) is 0 Å². The molecular weight excluding hydrogens is 271 g/mol. The van der Waals surface area contributed by atoms with Gasteiger partial charge in [0, 0.05) is 6.20 Å². The van der Waals surface area contributed by atoms with E-state index in [-0.39, 0.29) is 11.9 Å². The zero-order valence-corrected chi connectivity index (χ0v) is 12.2. The minimum absolute atomic E-state index is 0.0216. The first kappa shape index (κ1) is 13.2. The van der Waals surface area contributed by atoms with E-state index in [1.165, 1.54) is 10.8 Å². The van der Waals surface area contributed by atoms with Gasteiger partial charge in [-0.1, -0.05) is 12.1 Å². The van der Waals surface area contributed by atoms with E-state index in [9.17, 15) is 4.39 Å². The maximum atomic E-state index is 13.4. The number of pyridine rings is 1. The van der Waals surface area contributed by atoms with E-state index < -0.39 is 0 Å². The summed E-state index contributed by atoms with van der Waals surface area (Å²) in [5, 5.41) is 5.32. The molecule has 3 aromatic rings. The number of halogens is 1. The summed E-state index contributed by atoms with van der Waals surface area (Å²) in [5.74, 6) is -0.171. The van der Waals surface area contributed by atoms with Gasteiger partial charge in [-0.2, -0.15) is 0 Å². The number of aryl methyl sites for hydroxylation is 1. The van der Waals surface area contributed by atoms with Crippen LogP contribution in [0, 0.1) is 12.7 Å². The molecule has 0 aliphatic carbocycles. The van der Waals surface area contributed by atoms with Crippen LogP contribution in [0.4, 0.5) is 4.39 Å². The van der Waals surface area contributed by atoms with Gasteiger partial charge >= 0.3 is 0 Å². The second-order valence-electron chi connectivity index (χ2n) is 4.80. The molecule has 0 radical (unpaired) electrons. The summed E-state index contributed by atoms with van der Waals surface area (Å²) < 4.78 is 14.6. The van der Waals surface area contributed by atoms with Crippen LogP contribution in [-0.2, 0) is 0 Å². The molecule has 0 aliphatic rings. The predicted octanol–water partition coefficient (Wildman–Crippen LogP) is 4.05. The number of nitrogens with zero attached hydrogens (tertiary/aromatic N) is 1. The average molecular weight is 286 g/mol. The number of aromatic nitrogens is 1. The van der Waals surface area contributed by atoms with Crippen LogP contribution < -0.4 is 5.32 Å². The lowest BCUT2D eigenvalue weighted by molar-refractivity contribution is 0.614. The molecule has 1 unspecified atom stereocenters. The first-order chi connectivity index (χ1) is 9.69. The van der Waals surface area contributed by atoms with Gasteiger partial charge in [-0.15, -0.1) is 11.3 Å². The molecule has 1 aromatic carbocycles. The van der Waals surface area contributed by atoms with Gasteiger partial charge in [0.25, 0.3) is 0 Å². The Labute approximate surface area is 121 Å². The molecule has 2 nitrogen and oxygen atoms in total. The van der Waals surface area contributed by atoms with Crippen LogP contribution in [0.15, 0.2) is 41.9 Å². The van der Waals surface area contributed by atoms with Gasteiger partial charge in [-0.25, -0.2) is 4.39 Å². The van der Waals surface area contributed by atoms with E-state index in [1.54, 1.807) is 18.3 Å². The number of hydrogen-bond acceptors (Lipinski definition) is 3. The maximum absolute atomic E-state index is 13.4. The predicted molar refractivity (Wildman–Crippen MR) is 81.7 cm³/mol. The zero-order valence-electron chi connectivity index (χ0n) is 11.4. The van der Waals surface area contributed by atoms with Crippen molar-refractivity contribution in [2.24, 2.45) is 0 Å². The Morgan fingerprint density at radius 2 is 2.05 bits per heavy atom. The molecule has 1 N–H and O–H groups in total. The summed E-state index contributed by atoms with van der Waals surface area (Å²) >= 11 is 1.68. The van der Waals surface area contributed by atoms with Gasteiger partial charge in [-0.3, -0.25) is 4.98 Å². The van der Waals surface area contributed by atoms with E-state index >= 15 is 0 Å². The molecule has 0 fully saturated rings. The Balaban J connectivity index is 2.05. The fraction of sp³-hybridized carbons (Fsp3) is 0.188. The lowest BCUT2D eigenvalue weighted by Gasteiger charge is -2.17. The first-order valence-electron chi connectivity index (χ1n) is 6.45. The number of rotatable bonds is 3. The average Bonchev–Trinajstić information content (AvgIpc) is 2.91. The molecular formula is C16H15FN2S. The SMILES string of the molecule is CNC(c1ccc(F)c(C)c1)c1cnc2ccsc2c1. The van der Waals surface area contributed by atoms with Crippen molar-refractivity contribution in [2.45, 2.75) is 13.0 Å². The normalized spacial score (nSPS) is 12.8. The summed E-state index contributed by atoms with van der Waals surface area (Å²) in [4.78, 5) is 4.47. The third-order valence-corrected chi connectivity index (χ3v) is 4.31. The highest BCUT2D eigenvalue weighted by Crippen LogP contribution is 2.27. The van der Waals surface area contributed by atoms with Crippen LogP contribution in [0.25, 0.3) is 10.2 Å². The molecule has 20 heavy (non-hydrogen) atoms. The molecule has 0 spiro atoms. The molecule has 2 aromatic heterocycles. The van der Waals surface area contributed by atoms with Crippen molar-refractivity contribution in [3.63, 3.8) is 0 Å². The van der Waals surface area contributed by atoms with Crippen LogP contribution in [-0.4, -0.2) is 12.0 Å². The van der Waals surface area contributed by atoms with Crippen LogP contribution >= 0.6 is 11.3 Å². The van der Waals surface area contributed by atoms with E-state index in [1.807, 2.05) is 36.8 Å². The van der Waals surface area contributed by atoms with Crippen LogP contribution in [0.2, 0.25) is 0 Å². The fourth-order valence-electron chi connectivity index (χ4n) is 2.39. The summed E-state index contributed by atoms with van der Waals surface area (Å²) in [6.07, 6.45) is 1.88. The molecule has 3 rings (SSSR count). The van der Waals surface area contributed by atoms with Crippen molar-refractivity contribution in [3.8, 4) is 0 Å². The molecule has 4 heteroatoms. The van der Waals surface area contributed by atoms with E-state index in [0.29, 0.717) is 5.56 Å². The van der Waals surface area contributed by atoms with Crippen LogP contribution in [0.5, 0.6) is 0 Å². The largest absolute Gasteiger partial charge is 0.309 e. The summed E-state index contributed by atoms with van der Waals surface area (Å²) in [7, 11) is 1.90. The van der Waals surface area contributed by atoms with E-state index in [4.69, 9.17) is 0 Å². The number of hydrogen-bond donors (Lipinski definition) is 1. The zero-order chi connectivity index (χ0) is 14.1. The van der Waals surface area contributed by atoms with Gasteiger partial charge in [-0.05, 0) is 54.2 Å². The van der Waals surface area contributed by atoms with Crippen molar-refractivity contribution in [1.29, 1.82) is 0 Å². The second-order valence-corrected chi connectivity index (χ2v) is 5.75. The topological polar surface area (TPSA) is 24.9 Å². The highest BCUT2D eigenvalue weighted by atomic mass is 32.1.